The van der Waals surface area contributed by atoms with Gasteiger partial charge in [-0.15, -0.1) is 0 Å². The first kappa shape index (κ1) is 14.1. The third-order valence-electron chi connectivity index (χ3n) is 3.48. The zero-order valence-electron chi connectivity index (χ0n) is 12.4. The maximum Gasteiger partial charge on any atom is 0.315 e. The van der Waals surface area contributed by atoms with Crippen molar-refractivity contribution in [3.8, 4) is 0 Å². The van der Waals surface area contributed by atoms with E-state index in [4.69, 9.17) is 0 Å². The zero-order valence-corrected chi connectivity index (χ0v) is 12.4. The highest BCUT2D eigenvalue weighted by molar-refractivity contribution is 5.74. The van der Waals surface area contributed by atoms with E-state index in [9.17, 15) is 4.79 Å². The molecule has 0 spiro atoms. The van der Waals surface area contributed by atoms with Crippen molar-refractivity contribution < 1.29 is 4.79 Å². The minimum atomic E-state index is -0.184. The lowest BCUT2D eigenvalue weighted by Crippen LogP contribution is -2.34. The molecule has 5 nitrogen and oxygen atoms in total. The number of nitrogens with one attached hydrogen (secondary N) is 2. The predicted molar refractivity (Wildman–Crippen MR) is 85.4 cm³/mol. The van der Waals surface area contributed by atoms with Crippen molar-refractivity contribution in [2.45, 2.75) is 20.0 Å². The summed E-state index contributed by atoms with van der Waals surface area (Å²) in [5.41, 5.74) is 4.27. The Hall–Kier alpha value is -2.82. The van der Waals surface area contributed by atoms with E-state index in [0.717, 1.165) is 16.6 Å². The van der Waals surface area contributed by atoms with E-state index in [-0.39, 0.29) is 6.03 Å². The van der Waals surface area contributed by atoms with E-state index in [1.54, 1.807) is 10.7 Å². The lowest BCUT2D eigenvalue weighted by molar-refractivity contribution is 0.240. The van der Waals surface area contributed by atoms with Crippen LogP contribution in [0.4, 0.5) is 4.79 Å². The fraction of sp³-hybridized carbons (Fsp3) is 0.176. The molecule has 3 rings (SSSR count). The van der Waals surface area contributed by atoms with Gasteiger partial charge in [0.1, 0.15) is 0 Å². The molecule has 0 bridgehead atoms. The minimum Gasteiger partial charge on any atom is -0.334 e. The second-order valence-corrected chi connectivity index (χ2v) is 5.23. The number of aryl methyl sites for hydroxylation is 1. The van der Waals surface area contributed by atoms with Crippen LogP contribution >= 0.6 is 0 Å². The predicted octanol–water partition coefficient (Wildman–Crippen LogP) is 2.64. The number of urea groups is 1. The van der Waals surface area contributed by atoms with Crippen molar-refractivity contribution in [1.82, 2.24) is 20.2 Å². The van der Waals surface area contributed by atoms with E-state index in [1.807, 2.05) is 49.5 Å². The molecule has 0 aliphatic rings. The Labute approximate surface area is 129 Å². The maximum atomic E-state index is 11.9. The molecule has 0 aliphatic carbocycles. The SMILES string of the molecule is Cc1cccc(CNC(=O)NCc2cnn3ccccc23)c1. The summed E-state index contributed by atoms with van der Waals surface area (Å²) in [5, 5.41) is 9.96. The van der Waals surface area contributed by atoms with Crippen LogP contribution in [-0.4, -0.2) is 15.6 Å². The van der Waals surface area contributed by atoms with Gasteiger partial charge in [0.15, 0.2) is 0 Å². The number of amides is 2. The molecule has 3 aromatic rings. The van der Waals surface area contributed by atoms with Gasteiger partial charge in [0, 0.05) is 24.8 Å². The van der Waals surface area contributed by atoms with Crippen LogP contribution in [0.25, 0.3) is 5.52 Å². The molecule has 2 heterocycles. The van der Waals surface area contributed by atoms with Crippen LogP contribution in [0.3, 0.4) is 0 Å². The summed E-state index contributed by atoms with van der Waals surface area (Å²) in [6, 6.07) is 13.8. The van der Waals surface area contributed by atoms with E-state index in [1.165, 1.54) is 5.56 Å². The van der Waals surface area contributed by atoms with Crippen LogP contribution < -0.4 is 10.6 Å². The van der Waals surface area contributed by atoms with Crippen molar-refractivity contribution in [2.24, 2.45) is 0 Å². The highest BCUT2D eigenvalue weighted by Gasteiger charge is 2.05. The molecule has 2 aromatic heterocycles. The van der Waals surface area contributed by atoms with Gasteiger partial charge in [0.05, 0.1) is 11.7 Å². The Morgan fingerprint density at radius 3 is 2.86 bits per heavy atom. The van der Waals surface area contributed by atoms with Crippen molar-refractivity contribution in [1.29, 1.82) is 0 Å². The lowest BCUT2D eigenvalue weighted by Gasteiger charge is -2.07. The molecule has 5 heteroatoms. The van der Waals surface area contributed by atoms with E-state index < -0.39 is 0 Å². The highest BCUT2D eigenvalue weighted by atomic mass is 16.2. The van der Waals surface area contributed by atoms with Crippen molar-refractivity contribution >= 4 is 11.5 Å². The number of fused-ring (bicyclic) bond motifs is 1. The van der Waals surface area contributed by atoms with Gasteiger partial charge in [0.25, 0.3) is 0 Å². The zero-order chi connectivity index (χ0) is 15.4. The first-order valence-corrected chi connectivity index (χ1v) is 7.21. The fourth-order valence-corrected chi connectivity index (χ4v) is 2.37. The van der Waals surface area contributed by atoms with Gasteiger partial charge in [-0.25, -0.2) is 9.31 Å². The van der Waals surface area contributed by atoms with Crippen LogP contribution in [0, 0.1) is 6.92 Å². The summed E-state index contributed by atoms with van der Waals surface area (Å²) in [6.45, 7) is 3.00. The van der Waals surface area contributed by atoms with Gasteiger partial charge < -0.3 is 10.6 Å². The molecule has 22 heavy (non-hydrogen) atoms. The largest absolute Gasteiger partial charge is 0.334 e. The average molecular weight is 294 g/mol. The van der Waals surface area contributed by atoms with Gasteiger partial charge >= 0.3 is 6.03 Å². The highest BCUT2D eigenvalue weighted by Crippen LogP contribution is 2.09. The molecule has 2 amide bonds. The Kier molecular flexibility index (Phi) is 4.05. The monoisotopic (exact) mass is 294 g/mol. The Morgan fingerprint density at radius 2 is 2.00 bits per heavy atom. The smallest absolute Gasteiger partial charge is 0.315 e. The third kappa shape index (κ3) is 3.25. The van der Waals surface area contributed by atoms with Crippen LogP contribution in [0.2, 0.25) is 0 Å². The molecule has 0 fully saturated rings. The van der Waals surface area contributed by atoms with Crippen LogP contribution in [0.1, 0.15) is 16.7 Å². The first-order valence-electron chi connectivity index (χ1n) is 7.21. The van der Waals surface area contributed by atoms with Gasteiger partial charge in [-0.05, 0) is 24.6 Å². The molecule has 0 atom stereocenters. The summed E-state index contributed by atoms with van der Waals surface area (Å²) in [7, 11) is 0. The topological polar surface area (TPSA) is 58.4 Å². The fourth-order valence-electron chi connectivity index (χ4n) is 2.37. The number of nitrogens with zero attached hydrogens (tertiary/aromatic N) is 2. The summed E-state index contributed by atoms with van der Waals surface area (Å²) in [6.07, 6.45) is 3.66. The van der Waals surface area contributed by atoms with E-state index in [0.29, 0.717) is 13.1 Å². The molecule has 0 saturated heterocycles. The number of hydrogen-bond donors (Lipinski definition) is 2. The Morgan fingerprint density at radius 1 is 1.14 bits per heavy atom. The first-order chi connectivity index (χ1) is 10.7. The molecule has 112 valence electrons. The van der Waals surface area contributed by atoms with Crippen LogP contribution in [0.15, 0.2) is 54.9 Å². The number of carbonyl (C=O) groups is 1. The van der Waals surface area contributed by atoms with Gasteiger partial charge in [0.2, 0.25) is 0 Å². The molecule has 0 saturated carbocycles. The second kappa shape index (κ2) is 6.30. The maximum absolute atomic E-state index is 11.9. The molecule has 0 radical (unpaired) electrons. The molecule has 0 unspecified atom stereocenters. The van der Waals surface area contributed by atoms with Crippen molar-refractivity contribution in [3.63, 3.8) is 0 Å². The molecular formula is C17H18N4O. The molecule has 0 aliphatic heterocycles. The molecule has 1 aromatic carbocycles. The van der Waals surface area contributed by atoms with Crippen LogP contribution in [0.5, 0.6) is 0 Å². The number of hydrogen-bond acceptors (Lipinski definition) is 2. The average Bonchev–Trinajstić information content (AvgIpc) is 2.94. The second-order valence-electron chi connectivity index (χ2n) is 5.23. The van der Waals surface area contributed by atoms with E-state index in [2.05, 4.69) is 21.8 Å². The van der Waals surface area contributed by atoms with Crippen molar-refractivity contribution in [2.75, 3.05) is 0 Å². The summed E-state index contributed by atoms with van der Waals surface area (Å²) in [4.78, 5) is 11.9. The lowest BCUT2D eigenvalue weighted by atomic mass is 10.1. The molecular weight excluding hydrogens is 276 g/mol. The van der Waals surface area contributed by atoms with Crippen molar-refractivity contribution in [3.05, 3.63) is 71.5 Å². The summed E-state index contributed by atoms with van der Waals surface area (Å²) >= 11 is 0. The Balaban J connectivity index is 1.54. The van der Waals surface area contributed by atoms with Crippen LogP contribution in [-0.2, 0) is 13.1 Å². The van der Waals surface area contributed by atoms with E-state index >= 15 is 0 Å². The number of aromatic nitrogens is 2. The van der Waals surface area contributed by atoms with Gasteiger partial charge in [-0.3, -0.25) is 0 Å². The number of pyridine rings is 1. The normalized spacial score (nSPS) is 10.6. The molecule has 2 N–H and O–H groups in total. The minimum absolute atomic E-state index is 0.184. The standard InChI is InChI=1S/C17H18N4O/c1-13-5-4-6-14(9-13)10-18-17(22)19-11-15-12-20-21-8-3-2-7-16(15)21/h2-9,12H,10-11H2,1H3,(H2,18,19,22). The quantitative estimate of drug-likeness (QED) is 0.777. The summed E-state index contributed by atoms with van der Waals surface area (Å²) < 4.78 is 1.79. The summed E-state index contributed by atoms with van der Waals surface area (Å²) in [5.74, 6) is 0. The third-order valence-corrected chi connectivity index (χ3v) is 3.48. The Bertz CT molecular complexity index is 794. The number of carbonyl (C=O) groups excluding carboxylic acids is 1. The van der Waals surface area contributed by atoms with Gasteiger partial charge in [-0.2, -0.15) is 5.10 Å². The number of benzene rings is 1. The number of rotatable bonds is 4. The van der Waals surface area contributed by atoms with Gasteiger partial charge in [-0.1, -0.05) is 35.9 Å².